The van der Waals surface area contributed by atoms with E-state index in [1.54, 1.807) is 7.11 Å². The van der Waals surface area contributed by atoms with Gasteiger partial charge in [-0.25, -0.2) is 0 Å². The van der Waals surface area contributed by atoms with Gasteiger partial charge in [-0.15, -0.1) is 0 Å². The predicted molar refractivity (Wildman–Crippen MR) is 116 cm³/mol. The molecule has 0 saturated heterocycles. The minimum Gasteiger partial charge on any atom is -0.497 e. The van der Waals surface area contributed by atoms with Gasteiger partial charge in [0.1, 0.15) is 17.6 Å². The molecule has 0 spiro atoms. The third-order valence-electron chi connectivity index (χ3n) is 5.60. The van der Waals surface area contributed by atoms with Crippen molar-refractivity contribution in [3.63, 3.8) is 0 Å². The van der Waals surface area contributed by atoms with Crippen molar-refractivity contribution in [2.45, 2.75) is 57.6 Å². The molecule has 0 saturated carbocycles. The van der Waals surface area contributed by atoms with Crippen LogP contribution >= 0.6 is 0 Å². The molecule has 0 amide bonds. The fraction of sp³-hybridized carbons (Fsp3) is 0.478. The summed E-state index contributed by atoms with van der Waals surface area (Å²) in [7, 11) is -0.313. The minimum atomic E-state index is -4.37. The highest BCUT2D eigenvalue weighted by atomic mass is 28.4. The maximum absolute atomic E-state index is 12.8. The van der Waals surface area contributed by atoms with Crippen LogP contribution in [-0.2, 0) is 10.6 Å². The quantitative estimate of drug-likeness (QED) is 0.405. The first kappa shape index (κ1) is 24.3. The van der Waals surface area contributed by atoms with Gasteiger partial charge in [-0.05, 0) is 60.1 Å². The van der Waals surface area contributed by atoms with Gasteiger partial charge in [-0.3, -0.25) is 0 Å². The number of ether oxygens (including phenoxy) is 2. The second kappa shape index (κ2) is 9.43. The van der Waals surface area contributed by atoms with Crippen LogP contribution in [0.1, 0.15) is 44.4 Å². The Morgan fingerprint density at radius 3 is 1.87 bits per heavy atom. The summed E-state index contributed by atoms with van der Waals surface area (Å²) in [5.41, 5.74) is 0.214. The summed E-state index contributed by atoms with van der Waals surface area (Å²) < 4.78 is 56.0. The highest BCUT2D eigenvalue weighted by molar-refractivity contribution is 6.74. The number of rotatable bonds is 8. The molecule has 0 radical (unpaired) electrons. The zero-order valence-corrected chi connectivity index (χ0v) is 19.5. The van der Waals surface area contributed by atoms with Crippen molar-refractivity contribution in [2.24, 2.45) is 0 Å². The Morgan fingerprint density at radius 2 is 1.40 bits per heavy atom. The van der Waals surface area contributed by atoms with Gasteiger partial charge in [-0.2, -0.15) is 13.2 Å². The monoisotopic (exact) mass is 440 g/mol. The molecular weight excluding hydrogens is 409 g/mol. The Hall–Kier alpha value is -1.99. The van der Waals surface area contributed by atoms with Crippen LogP contribution in [0.15, 0.2) is 48.5 Å². The first-order chi connectivity index (χ1) is 13.8. The van der Waals surface area contributed by atoms with Gasteiger partial charge >= 0.3 is 6.18 Å². The second-order valence-electron chi connectivity index (χ2n) is 8.80. The number of methoxy groups -OCH3 is 1. The number of hydrogen-bond donors (Lipinski definition) is 0. The summed E-state index contributed by atoms with van der Waals surface area (Å²) in [5, 5.41) is 0.0941. The van der Waals surface area contributed by atoms with Gasteiger partial charge in [0.15, 0.2) is 8.32 Å². The smallest absolute Gasteiger partial charge is 0.416 e. The Morgan fingerprint density at radius 1 is 0.867 bits per heavy atom. The SMILES string of the molecule is COc1ccc(C(CCO[Si](C)(C)C(C)(C)C)Oc2ccc(C(F)(F)F)cc2)cc1. The van der Waals surface area contributed by atoms with E-state index in [1.807, 2.05) is 24.3 Å². The molecule has 0 aliphatic heterocycles. The molecule has 0 fully saturated rings. The van der Waals surface area contributed by atoms with Crippen LogP contribution in [0.4, 0.5) is 13.2 Å². The van der Waals surface area contributed by atoms with Gasteiger partial charge in [0.05, 0.1) is 12.7 Å². The van der Waals surface area contributed by atoms with E-state index in [2.05, 4.69) is 33.9 Å². The van der Waals surface area contributed by atoms with E-state index >= 15 is 0 Å². The number of alkyl halides is 3. The molecule has 0 bridgehead atoms. The van der Waals surface area contributed by atoms with Crippen LogP contribution in [-0.4, -0.2) is 22.0 Å². The molecule has 166 valence electrons. The summed E-state index contributed by atoms with van der Waals surface area (Å²) in [5.74, 6) is 1.11. The van der Waals surface area contributed by atoms with Crippen molar-refractivity contribution in [3.05, 3.63) is 59.7 Å². The average molecular weight is 441 g/mol. The lowest BCUT2D eigenvalue weighted by Crippen LogP contribution is -2.41. The first-order valence-electron chi connectivity index (χ1n) is 9.95. The van der Waals surface area contributed by atoms with Crippen LogP contribution in [0.2, 0.25) is 18.1 Å². The van der Waals surface area contributed by atoms with E-state index in [0.29, 0.717) is 18.8 Å². The third kappa shape index (κ3) is 6.50. The zero-order valence-electron chi connectivity index (χ0n) is 18.5. The topological polar surface area (TPSA) is 27.7 Å². The summed E-state index contributed by atoms with van der Waals surface area (Å²) in [6, 6.07) is 12.3. The van der Waals surface area contributed by atoms with E-state index in [4.69, 9.17) is 13.9 Å². The summed E-state index contributed by atoms with van der Waals surface area (Å²) in [4.78, 5) is 0. The Bertz CT molecular complexity index is 794. The van der Waals surface area contributed by atoms with Crippen LogP contribution in [0, 0.1) is 0 Å². The highest BCUT2D eigenvalue weighted by Crippen LogP contribution is 2.37. The number of hydrogen-bond acceptors (Lipinski definition) is 3. The summed E-state index contributed by atoms with van der Waals surface area (Å²) in [6.07, 6.45) is -4.14. The van der Waals surface area contributed by atoms with Crippen LogP contribution in [0.5, 0.6) is 11.5 Å². The van der Waals surface area contributed by atoms with Crippen LogP contribution in [0.25, 0.3) is 0 Å². The molecule has 0 aromatic heterocycles. The molecule has 1 atom stereocenters. The molecule has 1 unspecified atom stereocenters. The molecule has 2 aromatic rings. The molecular formula is C23H31F3O3Si. The van der Waals surface area contributed by atoms with Crippen LogP contribution in [0.3, 0.4) is 0 Å². The maximum Gasteiger partial charge on any atom is 0.416 e. The van der Waals surface area contributed by atoms with Crippen molar-refractivity contribution >= 4 is 8.32 Å². The molecule has 0 N–H and O–H groups in total. The predicted octanol–water partition coefficient (Wildman–Crippen LogP) is 7.25. The van der Waals surface area contributed by atoms with Gasteiger partial charge in [0.2, 0.25) is 0 Å². The standard InChI is InChI=1S/C23H31F3O3Si/c1-22(2,3)30(5,6)28-16-15-21(17-7-11-19(27-4)12-8-17)29-20-13-9-18(10-14-20)23(24,25)26/h7-14,21H,15-16H2,1-6H3. The largest absolute Gasteiger partial charge is 0.497 e. The summed E-state index contributed by atoms with van der Waals surface area (Å²) in [6.45, 7) is 11.4. The normalized spacial score (nSPS) is 13.8. The molecule has 2 aromatic carbocycles. The Kier molecular flexibility index (Phi) is 7.63. The number of benzene rings is 2. The first-order valence-corrected chi connectivity index (χ1v) is 12.9. The van der Waals surface area contributed by atoms with Crippen molar-refractivity contribution in [1.82, 2.24) is 0 Å². The van der Waals surface area contributed by atoms with Crippen molar-refractivity contribution < 1.29 is 27.1 Å². The Balaban J connectivity index is 2.16. The average Bonchev–Trinajstić information content (AvgIpc) is 2.66. The van der Waals surface area contributed by atoms with Gasteiger partial charge in [0.25, 0.3) is 0 Å². The lowest BCUT2D eigenvalue weighted by Gasteiger charge is -2.36. The van der Waals surface area contributed by atoms with Crippen molar-refractivity contribution in [2.75, 3.05) is 13.7 Å². The highest BCUT2D eigenvalue weighted by Gasteiger charge is 2.37. The summed E-state index contributed by atoms with van der Waals surface area (Å²) >= 11 is 0. The van der Waals surface area contributed by atoms with Gasteiger partial charge < -0.3 is 13.9 Å². The minimum absolute atomic E-state index is 0.0941. The fourth-order valence-electron chi connectivity index (χ4n) is 2.64. The molecule has 7 heteroatoms. The van der Waals surface area contributed by atoms with E-state index in [-0.39, 0.29) is 11.1 Å². The molecule has 30 heavy (non-hydrogen) atoms. The molecule has 2 rings (SSSR count). The van der Waals surface area contributed by atoms with E-state index < -0.39 is 20.1 Å². The van der Waals surface area contributed by atoms with Crippen LogP contribution < -0.4 is 9.47 Å². The second-order valence-corrected chi connectivity index (χ2v) is 13.6. The van der Waals surface area contributed by atoms with Gasteiger partial charge in [0, 0.05) is 13.0 Å². The Labute approximate surface area is 178 Å². The van der Waals surface area contributed by atoms with Gasteiger partial charge in [-0.1, -0.05) is 32.9 Å². The molecule has 0 aliphatic carbocycles. The zero-order chi connectivity index (χ0) is 22.6. The molecule has 3 nitrogen and oxygen atoms in total. The van der Waals surface area contributed by atoms with Crippen molar-refractivity contribution in [3.8, 4) is 11.5 Å². The van der Waals surface area contributed by atoms with E-state index in [0.717, 1.165) is 23.4 Å². The number of halogens is 3. The van der Waals surface area contributed by atoms with E-state index in [9.17, 15) is 13.2 Å². The third-order valence-corrected chi connectivity index (χ3v) is 10.1. The molecule has 0 aliphatic rings. The molecule has 0 heterocycles. The fourth-order valence-corrected chi connectivity index (χ4v) is 3.70. The lowest BCUT2D eigenvalue weighted by atomic mass is 10.1. The lowest BCUT2D eigenvalue weighted by molar-refractivity contribution is -0.137. The van der Waals surface area contributed by atoms with E-state index in [1.165, 1.54) is 12.1 Å². The maximum atomic E-state index is 12.8. The van der Waals surface area contributed by atoms with Crippen molar-refractivity contribution in [1.29, 1.82) is 0 Å².